The van der Waals surface area contributed by atoms with E-state index in [1.807, 2.05) is 0 Å². The number of carbonyl (C=O) groups is 1. The van der Waals surface area contributed by atoms with Gasteiger partial charge in [0.05, 0.1) is 12.9 Å². The highest BCUT2D eigenvalue weighted by Gasteiger charge is 2.18. The molecule has 22 heavy (non-hydrogen) atoms. The molecule has 1 saturated heterocycles. The van der Waals surface area contributed by atoms with Gasteiger partial charge in [-0.3, -0.25) is 0 Å². The molecule has 0 spiro atoms. The molecule has 0 radical (unpaired) electrons. The van der Waals surface area contributed by atoms with Gasteiger partial charge >= 0.3 is 6.16 Å². The molecule has 0 amide bonds. The van der Waals surface area contributed by atoms with Gasteiger partial charge in [0.15, 0.2) is 0 Å². The topological polar surface area (TPSA) is 103 Å². The zero-order valence-corrected chi connectivity index (χ0v) is 14.0. The molecular weight excluding hydrogens is 312 g/mol. The predicted octanol–water partition coefficient (Wildman–Crippen LogP) is 0.0935. The SMILES string of the molecule is CCOC(CNS(C)(=O)=O)COC(=O)OCC1CCNCC1. The van der Waals surface area contributed by atoms with Crippen LogP contribution in [0.5, 0.6) is 0 Å². The largest absolute Gasteiger partial charge is 0.508 e. The minimum atomic E-state index is -3.31. The van der Waals surface area contributed by atoms with E-state index in [0.29, 0.717) is 19.1 Å². The van der Waals surface area contributed by atoms with Crippen molar-refractivity contribution < 1.29 is 27.4 Å². The number of piperidine rings is 1. The van der Waals surface area contributed by atoms with Crippen LogP contribution in [0.4, 0.5) is 4.79 Å². The van der Waals surface area contributed by atoms with Gasteiger partial charge in [-0.1, -0.05) is 0 Å². The molecule has 0 saturated carbocycles. The first-order chi connectivity index (χ1) is 10.4. The van der Waals surface area contributed by atoms with E-state index in [-0.39, 0.29) is 13.2 Å². The molecule has 0 bridgehead atoms. The van der Waals surface area contributed by atoms with Crippen molar-refractivity contribution >= 4 is 16.2 Å². The maximum atomic E-state index is 11.5. The summed E-state index contributed by atoms with van der Waals surface area (Å²) in [7, 11) is -3.31. The van der Waals surface area contributed by atoms with Crippen molar-refractivity contribution in [1.29, 1.82) is 0 Å². The van der Waals surface area contributed by atoms with Crippen LogP contribution in [0.1, 0.15) is 19.8 Å². The summed E-state index contributed by atoms with van der Waals surface area (Å²) in [5.41, 5.74) is 0. The standard InChI is InChI=1S/C13H26N2O6S/c1-3-19-12(8-15-22(2,17)18)10-21-13(16)20-9-11-4-6-14-7-5-11/h11-12,14-15H,3-10H2,1-2H3. The van der Waals surface area contributed by atoms with Crippen LogP contribution in [0.3, 0.4) is 0 Å². The van der Waals surface area contributed by atoms with Crippen molar-refractivity contribution in [2.45, 2.75) is 25.9 Å². The number of nitrogens with one attached hydrogen (secondary N) is 2. The van der Waals surface area contributed by atoms with Crippen LogP contribution in [-0.2, 0) is 24.2 Å². The minimum Gasteiger partial charge on any atom is -0.434 e. The summed E-state index contributed by atoms with van der Waals surface area (Å²) in [5, 5.41) is 3.24. The van der Waals surface area contributed by atoms with Crippen molar-refractivity contribution in [3.05, 3.63) is 0 Å². The maximum Gasteiger partial charge on any atom is 0.508 e. The first kappa shape index (κ1) is 19.1. The van der Waals surface area contributed by atoms with E-state index < -0.39 is 22.3 Å². The van der Waals surface area contributed by atoms with Crippen LogP contribution in [0.2, 0.25) is 0 Å². The van der Waals surface area contributed by atoms with Crippen molar-refractivity contribution in [3.63, 3.8) is 0 Å². The molecule has 9 heteroatoms. The van der Waals surface area contributed by atoms with Crippen LogP contribution in [0.15, 0.2) is 0 Å². The summed E-state index contributed by atoms with van der Waals surface area (Å²) in [6.07, 6.45) is 1.73. The van der Waals surface area contributed by atoms with Crippen LogP contribution in [0, 0.1) is 5.92 Å². The van der Waals surface area contributed by atoms with E-state index in [0.717, 1.165) is 32.2 Å². The molecule has 1 aliphatic heterocycles. The average molecular weight is 338 g/mol. The highest BCUT2D eigenvalue weighted by Crippen LogP contribution is 2.12. The van der Waals surface area contributed by atoms with Crippen molar-refractivity contribution in [3.8, 4) is 0 Å². The Hall–Kier alpha value is -0.900. The van der Waals surface area contributed by atoms with Crippen LogP contribution < -0.4 is 10.0 Å². The van der Waals surface area contributed by atoms with Gasteiger partial charge < -0.3 is 19.5 Å². The molecule has 0 aromatic heterocycles. The summed E-state index contributed by atoms with van der Waals surface area (Å²) < 4.78 is 39.8. The van der Waals surface area contributed by atoms with Gasteiger partial charge in [0.2, 0.25) is 10.0 Å². The summed E-state index contributed by atoms with van der Waals surface area (Å²) >= 11 is 0. The molecule has 1 rings (SSSR count). The Morgan fingerprint density at radius 2 is 2.00 bits per heavy atom. The Morgan fingerprint density at radius 3 is 2.59 bits per heavy atom. The van der Waals surface area contributed by atoms with Crippen molar-refractivity contribution in [1.82, 2.24) is 10.0 Å². The highest BCUT2D eigenvalue weighted by atomic mass is 32.2. The van der Waals surface area contributed by atoms with E-state index >= 15 is 0 Å². The monoisotopic (exact) mass is 338 g/mol. The molecule has 1 aliphatic rings. The Kier molecular flexibility index (Phi) is 8.69. The third-order valence-corrected chi connectivity index (χ3v) is 3.95. The number of carbonyl (C=O) groups excluding carboxylic acids is 1. The summed E-state index contributed by atoms with van der Waals surface area (Å²) in [6, 6.07) is 0. The number of rotatable bonds is 9. The predicted molar refractivity (Wildman–Crippen MR) is 81.2 cm³/mol. The second-order valence-corrected chi connectivity index (χ2v) is 7.10. The third kappa shape index (κ3) is 9.19. The number of hydrogen-bond donors (Lipinski definition) is 2. The lowest BCUT2D eigenvalue weighted by molar-refractivity contribution is -0.0143. The Balaban J connectivity index is 2.23. The number of hydrogen-bond acceptors (Lipinski definition) is 7. The lowest BCUT2D eigenvalue weighted by Gasteiger charge is -2.22. The zero-order chi connectivity index (χ0) is 16.4. The summed E-state index contributed by atoms with van der Waals surface area (Å²) in [6.45, 7) is 4.39. The van der Waals surface area contributed by atoms with Gasteiger partial charge in [0, 0.05) is 13.2 Å². The smallest absolute Gasteiger partial charge is 0.434 e. The molecule has 130 valence electrons. The average Bonchev–Trinajstić information content (AvgIpc) is 2.48. The number of ether oxygens (including phenoxy) is 3. The summed E-state index contributed by atoms with van der Waals surface area (Å²) in [4.78, 5) is 11.5. The van der Waals surface area contributed by atoms with E-state index in [9.17, 15) is 13.2 Å². The molecule has 1 unspecified atom stereocenters. The molecule has 0 aromatic rings. The van der Waals surface area contributed by atoms with Gasteiger partial charge in [-0.15, -0.1) is 0 Å². The second-order valence-electron chi connectivity index (χ2n) is 5.26. The van der Waals surface area contributed by atoms with E-state index in [1.54, 1.807) is 6.92 Å². The molecule has 1 atom stereocenters. The number of sulfonamides is 1. The molecule has 1 fully saturated rings. The molecule has 2 N–H and O–H groups in total. The van der Waals surface area contributed by atoms with Crippen molar-refractivity contribution in [2.75, 3.05) is 45.7 Å². The van der Waals surface area contributed by atoms with Crippen LogP contribution in [0.25, 0.3) is 0 Å². The lowest BCUT2D eigenvalue weighted by Crippen LogP contribution is -2.36. The van der Waals surface area contributed by atoms with Crippen molar-refractivity contribution in [2.24, 2.45) is 5.92 Å². The Labute approximate surface area is 131 Å². The quantitative estimate of drug-likeness (QED) is 0.574. The first-order valence-electron chi connectivity index (χ1n) is 7.47. The fourth-order valence-electron chi connectivity index (χ4n) is 2.08. The van der Waals surface area contributed by atoms with Gasteiger partial charge in [0.1, 0.15) is 12.7 Å². The molecular formula is C13H26N2O6S. The second kappa shape index (κ2) is 9.98. The van der Waals surface area contributed by atoms with Crippen LogP contribution in [-0.4, -0.2) is 66.4 Å². The fraction of sp³-hybridized carbons (Fsp3) is 0.923. The molecule has 0 aliphatic carbocycles. The van der Waals surface area contributed by atoms with Gasteiger partial charge in [-0.25, -0.2) is 17.9 Å². The highest BCUT2D eigenvalue weighted by molar-refractivity contribution is 7.88. The van der Waals surface area contributed by atoms with E-state index in [4.69, 9.17) is 14.2 Å². The lowest BCUT2D eigenvalue weighted by atomic mass is 9.99. The molecule has 8 nitrogen and oxygen atoms in total. The first-order valence-corrected chi connectivity index (χ1v) is 9.36. The molecule has 1 heterocycles. The molecule has 0 aromatic carbocycles. The Morgan fingerprint density at radius 1 is 1.32 bits per heavy atom. The van der Waals surface area contributed by atoms with Gasteiger partial charge in [-0.2, -0.15) is 0 Å². The minimum absolute atomic E-state index is 0.0498. The van der Waals surface area contributed by atoms with E-state index in [1.165, 1.54) is 0 Å². The van der Waals surface area contributed by atoms with Crippen LogP contribution >= 0.6 is 0 Å². The zero-order valence-electron chi connectivity index (χ0n) is 13.2. The Bertz CT molecular complexity index is 422. The third-order valence-electron chi connectivity index (χ3n) is 3.26. The summed E-state index contributed by atoms with van der Waals surface area (Å²) in [5.74, 6) is 0.364. The normalized spacial score (nSPS) is 17.9. The van der Waals surface area contributed by atoms with E-state index in [2.05, 4.69) is 10.0 Å². The fourth-order valence-corrected chi connectivity index (χ4v) is 2.57. The maximum absolute atomic E-state index is 11.5. The van der Waals surface area contributed by atoms with Gasteiger partial charge in [0.25, 0.3) is 0 Å². The van der Waals surface area contributed by atoms with Gasteiger partial charge in [-0.05, 0) is 38.8 Å².